The van der Waals surface area contributed by atoms with Gasteiger partial charge < -0.3 is 14.8 Å². The summed E-state index contributed by atoms with van der Waals surface area (Å²) in [4.78, 5) is 29.3. The van der Waals surface area contributed by atoms with E-state index in [2.05, 4.69) is 14.9 Å². The van der Waals surface area contributed by atoms with Gasteiger partial charge in [-0.15, -0.1) is 0 Å². The van der Waals surface area contributed by atoms with Crippen molar-refractivity contribution >= 4 is 22.8 Å². The summed E-state index contributed by atoms with van der Waals surface area (Å²) in [5.74, 6) is -0.141. The Hall–Kier alpha value is -2.37. The number of pyridine rings is 1. The smallest absolute Gasteiger partial charge is 0.245 e. The summed E-state index contributed by atoms with van der Waals surface area (Å²) >= 11 is 0. The molecule has 1 saturated heterocycles. The third kappa shape index (κ3) is 2.74. The number of fused-ring (bicyclic) bond motifs is 1. The standard InChI is InChI=1S/C15H18N4O2/c1-11(20)17-13-5-8-19(15(13)21)10-9-18-7-4-12-14(18)3-2-6-16-12/h2-4,6-7,13H,5,8-10H2,1H3,(H,17,20)/t13-/m0/s1. The van der Waals surface area contributed by atoms with Crippen LogP contribution >= 0.6 is 0 Å². The lowest BCUT2D eigenvalue weighted by atomic mass is 10.2. The van der Waals surface area contributed by atoms with Gasteiger partial charge in [0.1, 0.15) is 6.04 Å². The van der Waals surface area contributed by atoms with Crippen molar-refractivity contribution in [2.24, 2.45) is 0 Å². The maximum Gasteiger partial charge on any atom is 0.245 e. The van der Waals surface area contributed by atoms with E-state index < -0.39 is 0 Å². The number of hydrogen-bond acceptors (Lipinski definition) is 3. The Morgan fingerprint density at radius 3 is 3.10 bits per heavy atom. The minimum absolute atomic E-state index is 0.0137. The number of nitrogens with zero attached hydrogens (tertiary/aromatic N) is 3. The van der Waals surface area contributed by atoms with E-state index in [0.29, 0.717) is 19.5 Å². The Bertz CT molecular complexity index is 679. The second kappa shape index (κ2) is 5.55. The molecule has 0 spiro atoms. The number of amides is 2. The molecular weight excluding hydrogens is 268 g/mol. The lowest BCUT2D eigenvalue weighted by molar-refractivity contribution is -0.132. The molecule has 1 aliphatic heterocycles. The molecule has 0 aliphatic carbocycles. The van der Waals surface area contributed by atoms with E-state index in [9.17, 15) is 9.59 Å². The maximum atomic E-state index is 12.2. The normalized spacial score (nSPS) is 18.4. The van der Waals surface area contributed by atoms with Gasteiger partial charge >= 0.3 is 0 Å². The molecule has 0 bridgehead atoms. The Kier molecular flexibility index (Phi) is 3.60. The molecule has 1 fully saturated rings. The second-order valence-electron chi connectivity index (χ2n) is 5.28. The second-order valence-corrected chi connectivity index (χ2v) is 5.28. The van der Waals surface area contributed by atoms with Gasteiger partial charge in [-0.1, -0.05) is 0 Å². The molecule has 6 nitrogen and oxygen atoms in total. The molecule has 0 saturated carbocycles. The molecule has 0 aromatic carbocycles. The highest BCUT2D eigenvalue weighted by Crippen LogP contribution is 2.14. The van der Waals surface area contributed by atoms with Crippen LogP contribution in [0.1, 0.15) is 13.3 Å². The molecule has 6 heteroatoms. The summed E-state index contributed by atoms with van der Waals surface area (Å²) in [6.45, 7) is 3.51. The molecule has 110 valence electrons. The van der Waals surface area contributed by atoms with E-state index in [-0.39, 0.29) is 17.9 Å². The fourth-order valence-electron chi connectivity index (χ4n) is 2.78. The van der Waals surface area contributed by atoms with Crippen molar-refractivity contribution in [3.05, 3.63) is 30.6 Å². The Balaban J connectivity index is 1.63. The van der Waals surface area contributed by atoms with Gasteiger partial charge in [-0.3, -0.25) is 14.6 Å². The highest BCUT2D eigenvalue weighted by molar-refractivity contribution is 5.88. The fourth-order valence-corrected chi connectivity index (χ4v) is 2.78. The van der Waals surface area contributed by atoms with Crippen LogP contribution in [-0.2, 0) is 16.1 Å². The van der Waals surface area contributed by atoms with Crippen molar-refractivity contribution in [2.75, 3.05) is 13.1 Å². The van der Waals surface area contributed by atoms with Crippen LogP contribution in [0.5, 0.6) is 0 Å². The number of aromatic nitrogens is 2. The van der Waals surface area contributed by atoms with Gasteiger partial charge in [0.2, 0.25) is 11.8 Å². The molecule has 3 heterocycles. The summed E-state index contributed by atoms with van der Waals surface area (Å²) in [6, 6.07) is 5.55. The third-order valence-electron chi connectivity index (χ3n) is 3.82. The molecule has 0 radical (unpaired) electrons. The quantitative estimate of drug-likeness (QED) is 0.903. The van der Waals surface area contributed by atoms with E-state index in [1.807, 2.05) is 29.3 Å². The number of likely N-dealkylation sites (tertiary alicyclic amines) is 1. The fraction of sp³-hybridized carbons (Fsp3) is 0.400. The van der Waals surface area contributed by atoms with Crippen LogP contribution in [-0.4, -0.2) is 45.4 Å². The monoisotopic (exact) mass is 286 g/mol. The van der Waals surface area contributed by atoms with E-state index in [1.54, 1.807) is 6.20 Å². The van der Waals surface area contributed by atoms with Gasteiger partial charge in [0, 0.05) is 39.0 Å². The van der Waals surface area contributed by atoms with E-state index in [4.69, 9.17) is 0 Å². The summed E-state index contributed by atoms with van der Waals surface area (Å²) in [7, 11) is 0. The molecule has 1 N–H and O–H groups in total. The molecule has 0 unspecified atom stereocenters. The van der Waals surface area contributed by atoms with E-state index in [0.717, 1.165) is 17.6 Å². The first-order valence-corrected chi connectivity index (χ1v) is 7.11. The topological polar surface area (TPSA) is 67.2 Å². The molecule has 1 atom stereocenters. The first-order chi connectivity index (χ1) is 10.1. The van der Waals surface area contributed by atoms with Crippen LogP contribution in [0.3, 0.4) is 0 Å². The zero-order valence-electron chi connectivity index (χ0n) is 12.0. The van der Waals surface area contributed by atoms with E-state index in [1.165, 1.54) is 6.92 Å². The van der Waals surface area contributed by atoms with Crippen LogP contribution < -0.4 is 5.32 Å². The number of rotatable bonds is 4. The summed E-state index contributed by atoms with van der Waals surface area (Å²) in [6.07, 6.45) is 4.45. The van der Waals surface area contributed by atoms with Crippen molar-refractivity contribution in [1.82, 2.24) is 19.8 Å². The van der Waals surface area contributed by atoms with Crippen LogP contribution in [0, 0.1) is 0 Å². The van der Waals surface area contributed by atoms with Gasteiger partial charge in [-0.25, -0.2) is 0 Å². The molecular formula is C15H18N4O2. The number of nitrogens with one attached hydrogen (secondary N) is 1. The predicted octanol–water partition coefficient (Wildman–Crippen LogP) is 0.773. The average Bonchev–Trinajstić information content (AvgIpc) is 3.02. The summed E-state index contributed by atoms with van der Waals surface area (Å²) < 4.78 is 2.10. The first-order valence-electron chi connectivity index (χ1n) is 7.11. The molecule has 2 amide bonds. The SMILES string of the molecule is CC(=O)N[C@H]1CCN(CCn2ccc3ncccc32)C1=O. The maximum absolute atomic E-state index is 12.2. The Morgan fingerprint density at radius 1 is 1.43 bits per heavy atom. The van der Waals surface area contributed by atoms with Gasteiger partial charge in [-0.2, -0.15) is 0 Å². The molecule has 3 rings (SSSR count). The highest BCUT2D eigenvalue weighted by Gasteiger charge is 2.31. The van der Waals surface area contributed by atoms with Crippen LogP contribution in [0.4, 0.5) is 0 Å². The zero-order valence-corrected chi connectivity index (χ0v) is 12.0. The zero-order chi connectivity index (χ0) is 14.8. The first kappa shape index (κ1) is 13.6. The van der Waals surface area contributed by atoms with E-state index >= 15 is 0 Å². The van der Waals surface area contributed by atoms with Crippen LogP contribution in [0.2, 0.25) is 0 Å². The molecule has 21 heavy (non-hydrogen) atoms. The van der Waals surface area contributed by atoms with Gasteiger partial charge in [-0.05, 0) is 24.6 Å². The number of hydrogen-bond donors (Lipinski definition) is 1. The lowest BCUT2D eigenvalue weighted by Gasteiger charge is -2.17. The number of carbonyl (C=O) groups is 2. The van der Waals surface area contributed by atoms with Gasteiger partial charge in [0.25, 0.3) is 0 Å². The van der Waals surface area contributed by atoms with Crippen LogP contribution in [0.15, 0.2) is 30.6 Å². The molecule has 1 aliphatic rings. The summed E-state index contributed by atoms with van der Waals surface area (Å²) in [5, 5.41) is 2.70. The third-order valence-corrected chi connectivity index (χ3v) is 3.82. The Morgan fingerprint density at radius 2 is 2.29 bits per heavy atom. The number of carbonyl (C=O) groups excluding carboxylic acids is 2. The molecule has 2 aromatic heterocycles. The van der Waals surface area contributed by atoms with Gasteiger partial charge in [0.15, 0.2) is 0 Å². The largest absolute Gasteiger partial charge is 0.344 e. The highest BCUT2D eigenvalue weighted by atomic mass is 16.2. The van der Waals surface area contributed by atoms with Crippen molar-refractivity contribution in [3.8, 4) is 0 Å². The van der Waals surface area contributed by atoms with Crippen molar-refractivity contribution in [2.45, 2.75) is 25.9 Å². The van der Waals surface area contributed by atoms with Gasteiger partial charge in [0.05, 0.1) is 11.0 Å². The summed E-state index contributed by atoms with van der Waals surface area (Å²) in [5.41, 5.74) is 2.03. The van der Waals surface area contributed by atoms with Crippen molar-refractivity contribution < 1.29 is 9.59 Å². The molecule has 2 aromatic rings. The lowest BCUT2D eigenvalue weighted by Crippen LogP contribution is -2.41. The minimum atomic E-state index is -0.356. The Labute approximate surface area is 122 Å². The van der Waals surface area contributed by atoms with Crippen LogP contribution in [0.25, 0.3) is 11.0 Å². The average molecular weight is 286 g/mol. The predicted molar refractivity (Wildman–Crippen MR) is 78.5 cm³/mol. The minimum Gasteiger partial charge on any atom is -0.344 e. The van der Waals surface area contributed by atoms with Crippen molar-refractivity contribution in [1.29, 1.82) is 0 Å². The van der Waals surface area contributed by atoms with Crippen molar-refractivity contribution in [3.63, 3.8) is 0 Å².